The number of carbonyl (C=O) groups excluding carboxylic acids is 2. The van der Waals surface area contributed by atoms with Crippen molar-refractivity contribution in [2.24, 2.45) is 0 Å². The molecule has 0 aromatic rings. The minimum absolute atomic E-state index is 0.0461. The third-order valence-electron chi connectivity index (χ3n) is 3.31. The predicted molar refractivity (Wildman–Crippen MR) is 69.6 cm³/mol. The Morgan fingerprint density at radius 2 is 2.05 bits per heavy atom. The molecule has 6 heteroatoms. The van der Waals surface area contributed by atoms with Gasteiger partial charge < -0.3 is 14.9 Å². The molecule has 1 fully saturated rings. The van der Waals surface area contributed by atoms with Gasteiger partial charge in [-0.25, -0.2) is 0 Å². The molecular weight excluding hydrogens is 248 g/mol. The molecule has 0 aliphatic carbocycles. The van der Waals surface area contributed by atoms with Gasteiger partial charge in [0.25, 0.3) is 0 Å². The summed E-state index contributed by atoms with van der Waals surface area (Å²) in [4.78, 5) is 37.2. The van der Waals surface area contributed by atoms with E-state index in [1.165, 1.54) is 4.90 Å². The van der Waals surface area contributed by atoms with Gasteiger partial charge in [-0.05, 0) is 19.3 Å². The lowest BCUT2D eigenvalue weighted by Gasteiger charge is -2.24. The van der Waals surface area contributed by atoms with Crippen LogP contribution < -0.4 is 0 Å². The van der Waals surface area contributed by atoms with Gasteiger partial charge in [-0.3, -0.25) is 14.4 Å². The molecule has 0 saturated carbocycles. The largest absolute Gasteiger partial charge is 0.481 e. The standard InChI is InChI=1S/C13H22N2O4/c1-14(8-5-7-13(18)19)12(17)10-15-9-4-2-3-6-11(15)16/h2-10H2,1H3,(H,18,19). The SMILES string of the molecule is CN(CCCC(=O)O)C(=O)CN1CCCCCC1=O. The topological polar surface area (TPSA) is 77.9 Å². The Hall–Kier alpha value is -1.59. The second-order valence-electron chi connectivity index (χ2n) is 4.94. The second kappa shape index (κ2) is 7.76. The van der Waals surface area contributed by atoms with Crippen LogP contribution in [0.5, 0.6) is 0 Å². The molecule has 6 nitrogen and oxygen atoms in total. The van der Waals surface area contributed by atoms with Crippen molar-refractivity contribution in [1.29, 1.82) is 0 Å². The third kappa shape index (κ3) is 5.72. The number of carboxylic acid groups (broad SMARTS) is 1. The summed E-state index contributed by atoms with van der Waals surface area (Å²) in [5.74, 6) is -0.936. The van der Waals surface area contributed by atoms with Gasteiger partial charge in [-0.15, -0.1) is 0 Å². The molecule has 19 heavy (non-hydrogen) atoms. The van der Waals surface area contributed by atoms with Crippen molar-refractivity contribution in [3.8, 4) is 0 Å². The van der Waals surface area contributed by atoms with Gasteiger partial charge >= 0.3 is 5.97 Å². The van der Waals surface area contributed by atoms with Gasteiger partial charge in [0.1, 0.15) is 0 Å². The molecule has 0 radical (unpaired) electrons. The minimum Gasteiger partial charge on any atom is -0.481 e. The van der Waals surface area contributed by atoms with Crippen LogP contribution in [0.4, 0.5) is 0 Å². The lowest BCUT2D eigenvalue weighted by Crippen LogP contribution is -2.41. The van der Waals surface area contributed by atoms with Crippen molar-refractivity contribution in [2.75, 3.05) is 26.7 Å². The van der Waals surface area contributed by atoms with Crippen molar-refractivity contribution in [1.82, 2.24) is 9.80 Å². The van der Waals surface area contributed by atoms with E-state index in [0.717, 1.165) is 19.3 Å². The molecule has 0 atom stereocenters. The fraction of sp³-hybridized carbons (Fsp3) is 0.769. The molecule has 1 heterocycles. The van der Waals surface area contributed by atoms with E-state index in [0.29, 0.717) is 25.9 Å². The molecule has 1 rings (SSSR count). The number of amides is 2. The van der Waals surface area contributed by atoms with Gasteiger partial charge in [0.15, 0.2) is 0 Å². The summed E-state index contributed by atoms with van der Waals surface area (Å²) in [6.45, 7) is 1.17. The average molecular weight is 270 g/mol. The lowest BCUT2D eigenvalue weighted by atomic mass is 10.2. The zero-order chi connectivity index (χ0) is 14.3. The maximum Gasteiger partial charge on any atom is 0.303 e. The van der Waals surface area contributed by atoms with Crippen LogP contribution in [0.1, 0.15) is 38.5 Å². The minimum atomic E-state index is -0.858. The third-order valence-corrected chi connectivity index (χ3v) is 3.31. The number of likely N-dealkylation sites (tertiary alicyclic amines) is 1. The van der Waals surface area contributed by atoms with Crippen LogP contribution in [0.2, 0.25) is 0 Å². The molecule has 0 bridgehead atoms. The van der Waals surface area contributed by atoms with E-state index in [9.17, 15) is 14.4 Å². The van der Waals surface area contributed by atoms with E-state index < -0.39 is 5.97 Å². The first-order chi connectivity index (χ1) is 9.00. The van der Waals surface area contributed by atoms with E-state index in [-0.39, 0.29) is 24.8 Å². The van der Waals surface area contributed by atoms with Crippen molar-refractivity contribution in [3.05, 3.63) is 0 Å². The van der Waals surface area contributed by atoms with Gasteiger partial charge in [-0.1, -0.05) is 6.42 Å². The molecular formula is C13H22N2O4. The van der Waals surface area contributed by atoms with E-state index in [2.05, 4.69) is 0 Å². The molecule has 1 N–H and O–H groups in total. The first-order valence-corrected chi connectivity index (χ1v) is 6.74. The molecule has 1 saturated heterocycles. The monoisotopic (exact) mass is 270 g/mol. The fourth-order valence-corrected chi connectivity index (χ4v) is 2.08. The molecule has 0 aromatic carbocycles. The van der Waals surface area contributed by atoms with Crippen LogP contribution in [0.15, 0.2) is 0 Å². The van der Waals surface area contributed by atoms with Crippen LogP contribution in [-0.4, -0.2) is 59.4 Å². The summed E-state index contributed by atoms with van der Waals surface area (Å²) in [6.07, 6.45) is 3.90. The van der Waals surface area contributed by atoms with Gasteiger partial charge in [0, 0.05) is 33.0 Å². The van der Waals surface area contributed by atoms with Crippen LogP contribution >= 0.6 is 0 Å². The summed E-state index contributed by atoms with van der Waals surface area (Å²) in [6, 6.07) is 0. The highest BCUT2D eigenvalue weighted by molar-refractivity contribution is 5.84. The number of aliphatic carboxylic acids is 1. The van der Waals surface area contributed by atoms with Gasteiger partial charge in [0.2, 0.25) is 11.8 Å². The molecule has 0 aromatic heterocycles. The highest BCUT2D eigenvalue weighted by atomic mass is 16.4. The summed E-state index contributed by atoms with van der Waals surface area (Å²) in [5.41, 5.74) is 0. The highest BCUT2D eigenvalue weighted by Crippen LogP contribution is 2.11. The zero-order valence-electron chi connectivity index (χ0n) is 11.4. The van der Waals surface area contributed by atoms with Crippen LogP contribution in [0.25, 0.3) is 0 Å². The quantitative estimate of drug-likeness (QED) is 0.771. The van der Waals surface area contributed by atoms with Crippen LogP contribution in [0, 0.1) is 0 Å². The Bertz CT molecular complexity index is 344. The lowest BCUT2D eigenvalue weighted by molar-refractivity contribution is -0.140. The molecule has 2 amide bonds. The Morgan fingerprint density at radius 1 is 1.32 bits per heavy atom. The van der Waals surface area contributed by atoms with Crippen LogP contribution in [0.3, 0.4) is 0 Å². The Labute approximate surface area is 113 Å². The smallest absolute Gasteiger partial charge is 0.303 e. The first kappa shape index (κ1) is 15.5. The number of carbonyl (C=O) groups is 3. The maximum absolute atomic E-state index is 11.9. The van der Waals surface area contributed by atoms with E-state index in [4.69, 9.17) is 5.11 Å². The summed E-state index contributed by atoms with van der Waals surface area (Å²) in [7, 11) is 1.65. The Morgan fingerprint density at radius 3 is 2.74 bits per heavy atom. The fourth-order valence-electron chi connectivity index (χ4n) is 2.08. The predicted octanol–water partition coefficient (Wildman–Crippen LogP) is 0.712. The van der Waals surface area contributed by atoms with Crippen LogP contribution in [-0.2, 0) is 14.4 Å². The van der Waals surface area contributed by atoms with Crippen molar-refractivity contribution in [2.45, 2.75) is 38.5 Å². The maximum atomic E-state index is 11.9. The molecule has 1 aliphatic rings. The van der Waals surface area contributed by atoms with E-state index >= 15 is 0 Å². The molecule has 1 aliphatic heterocycles. The highest BCUT2D eigenvalue weighted by Gasteiger charge is 2.20. The van der Waals surface area contributed by atoms with Crippen molar-refractivity contribution < 1.29 is 19.5 Å². The zero-order valence-corrected chi connectivity index (χ0v) is 11.4. The second-order valence-corrected chi connectivity index (χ2v) is 4.94. The number of hydrogen-bond donors (Lipinski definition) is 1. The Kier molecular flexibility index (Phi) is 6.32. The number of nitrogens with zero attached hydrogens (tertiary/aromatic N) is 2. The first-order valence-electron chi connectivity index (χ1n) is 6.74. The number of rotatable bonds is 6. The normalized spacial score (nSPS) is 16.1. The molecule has 108 valence electrons. The van der Waals surface area contributed by atoms with Crippen molar-refractivity contribution in [3.63, 3.8) is 0 Å². The van der Waals surface area contributed by atoms with Gasteiger partial charge in [-0.2, -0.15) is 0 Å². The molecule has 0 unspecified atom stereocenters. The average Bonchev–Trinajstić information content (AvgIpc) is 2.54. The summed E-state index contributed by atoms with van der Waals surface area (Å²) in [5, 5.41) is 8.54. The van der Waals surface area contributed by atoms with E-state index in [1.54, 1.807) is 11.9 Å². The number of likely N-dealkylation sites (N-methyl/N-ethyl adjacent to an activating group) is 1. The summed E-state index contributed by atoms with van der Waals surface area (Å²) >= 11 is 0. The van der Waals surface area contributed by atoms with Crippen molar-refractivity contribution >= 4 is 17.8 Å². The molecule has 0 spiro atoms. The summed E-state index contributed by atoms with van der Waals surface area (Å²) < 4.78 is 0. The van der Waals surface area contributed by atoms with Gasteiger partial charge in [0.05, 0.1) is 6.54 Å². The Balaban J connectivity index is 2.35. The number of hydrogen-bond acceptors (Lipinski definition) is 3. The number of carboxylic acids is 1. The van der Waals surface area contributed by atoms with E-state index in [1.807, 2.05) is 0 Å².